The van der Waals surface area contributed by atoms with Crippen molar-refractivity contribution >= 4 is 5.91 Å². The Hall–Kier alpha value is -2.69. The molecule has 1 unspecified atom stereocenters. The molecule has 1 atom stereocenters. The number of hydrogen-bond acceptors (Lipinski definition) is 4. The van der Waals surface area contributed by atoms with Crippen LogP contribution < -0.4 is 19.5 Å². The molecule has 0 spiro atoms. The molecule has 0 aliphatic heterocycles. The highest BCUT2D eigenvalue weighted by Crippen LogP contribution is 2.18. The van der Waals surface area contributed by atoms with Gasteiger partial charge in [-0.05, 0) is 43.3 Å². The molecule has 1 amide bonds. The first kappa shape index (κ1) is 16.7. The van der Waals surface area contributed by atoms with Crippen molar-refractivity contribution in [3.63, 3.8) is 0 Å². The molecule has 5 nitrogen and oxygen atoms in total. The summed E-state index contributed by atoms with van der Waals surface area (Å²) in [4.78, 5) is 12.3. The van der Waals surface area contributed by atoms with Crippen LogP contribution in [0.4, 0.5) is 0 Å². The summed E-state index contributed by atoms with van der Waals surface area (Å²) in [5.74, 6) is 1.86. The van der Waals surface area contributed by atoms with Gasteiger partial charge in [0, 0.05) is 0 Å². The van der Waals surface area contributed by atoms with Crippen LogP contribution in [0.3, 0.4) is 0 Å². The average Bonchev–Trinajstić information content (AvgIpc) is 2.60. The number of para-hydroxylation sites is 1. The fourth-order valence-electron chi connectivity index (χ4n) is 2.07. The van der Waals surface area contributed by atoms with E-state index in [9.17, 15) is 4.79 Å². The highest BCUT2D eigenvalue weighted by atomic mass is 16.5. The summed E-state index contributed by atoms with van der Waals surface area (Å²) in [5.41, 5.74) is 0.506. The second-order valence-corrected chi connectivity index (χ2v) is 5.06. The van der Waals surface area contributed by atoms with Gasteiger partial charge >= 0.3 is 0 Å². The van der Waals surface area contributed by atoms with Crippen molar-refractivity contribution in [2.24, 2.45) is 0 Å². The van der Waals surface area contributed by atoms with E-state index in [2.05, 4.69) is 5.32 Å². The molecule has 122 valence electrons. The standard InChI is InChI=1S/C18H21NO4/c1-13(12-23-15-10-8-14(21-2)9-11-15)19-18(20)16-6-4-5-7-17(16)22-3/h4-11,13H,12H2,1-3H3,(H,19,20). The lowest BCUT2D eigenvalue weighted by Crippen LogP contribution is -2.36. The van der Waals surface area contributed by atoms with E-state index in [0.29, 0.717) is 17.9 Å². The highest BCUT2D eigenvalue weighted by molar-refractivity contribution is 5.97. The molecule has 23 heavy (non-hydrogen) atoms. The Labute approximate surface area is 136 Å². The molecule has 0 aromatic heterocycles. The first-order chi connectivity index (χ1) is 11.1. The molecule has 0 aliphatic carbocycles. The van der Waals surface area contributed by atoms with Crippen LogP contribution in [-0.2, 0) is 0 Å². The first-order valence-corrected chi connectivity index (χ1v) is 7.34. The van der Waals surface area contributed by atoms with Crippen molar-refractivity contribution in [3.05, 3.63) is 54.1 Å². The molecule has 1 N–H and O–H groups in total. The molecule has 0 fully saturated rings. The van der Waals surface area contributed by atoms with E-state index >= 15 is 0 Å². The van der Waals surface area contributed by atoms with Crippen LogP contribution in [0.15, 0.2) is 48.5 Å². The van der Waals surface area contributed by atoms with Gasteiger partial charge in [0.15, 0.2) is 0 Å². The largest absolute Gasteiger partial charge is 0.497 e. The van der Waals surface area contributed by atoms with E-state index in [0.717, 1.165) is 11.5 Å². The third-order valence-electron chi connectivity index (χ3n) is 3.29. The molecule has 0 radical (unpaired) electrons. The Bertz CT molecular complexity index is 640. The van der Waals surface area contributed by atoms with E-state index in [4.69, 9.17) is 14.2 Å². The SMILES string of the molecule is COc1ccc(OCC(C)NC(=O)c2ccccc2OC)cc1. The Balaban J connectivity index is 1.88. The minimum Gasteiger partial charge on any atom is -0.497 e. The molecule has 0 saturated carbocycles. The summed E-state index contributed by atoms with van der Waals surface area (Å²) < 4.78 is 15.9. The van der Waals surface area contributed by atoms with Gasteiger partial charge in [0.1, 0.15) is 23.9 Å². The molecular weight excluding hydrogens is 294 g/mol. The Kier molecular flexibility index (Phi) is 5.86. The molecular formula is C18H21NO4. The van der Waals surface area contributed by atoms with Gasteiger partial charge in [0.25, 0.3) is 5.91 Å². The van der Waals surface area contributed by atoms with E-state index in [1.54, 1.807) is 32.4 Å². The van der Waals surface area contributed by atoms with Crippen molar-refractivity contribution in [3.8, 4) is 17.2 Å². The summed E-state index contributed by atoms with van der Waals surface area (Å²) >= 11 is 0. The quantitative estimate of drug-likeness (QED) is 0.853. The summed E-state index contributed by atoms with van der Waals surface area (Å²) in [7, 11) is 3.16. The third-order valence-corrected chi connectivity index (χ3v) is 3.29. The number of amides is 1. The second kappa shape index (κ2) is 8.08. The molecule has 0 saturated heterocycles. The fraction of sp³-hybridized carbons (Fsp3) is 0.278. The molecule has 0 bridgehead atoms. The fourth-order valence-corrected chi connectivity index (χ4v) is 2.07. The van der Waals surface area contributed by atoms with Crippen LogP contribution in [0.25, 0.3) is 0 Å². The van der Waals surface area contributed by atoms with Crippen LogP contribution in [0.1, 0.15) is 17.3 Å². The molecule has 2 rings (SSSR count). The number of benzene rings is 2. The summed E-state index contributed by atoms with van der Waals surface area (Å²) in [6.07, 6.45) is 0. The minimum atomic E-state index is -0.187. The Morgan fingerprint density at radius 2 is 1.65 bits per heavy atom. The van der Waals surface area contributed by atoms with Crippen molar-refractivity contribution in [2.75, 3.05) is 20.8 Å². The number of carbonyl (C=O) groups is 1. The summed E-state index contributed by atoms with van der Waals surface area (Å²) in [6.45, 7) is 2.25. The van der Waals surface area contributed by atoms with Gasteiger partial charge in [-0.25, -0.2) is 0 Å². The molecule has 2 aromatic rings. The van der Waals surface area contributed by atoms with Gasteiger partial charge in [-0.2, -0.15) is 0 Å². The lowest BCUT2D eigenvalue weighted by Gasteiger charge is -2.16. The first-order valence-electron chi connectivity index (χ1n) is 7.34. The maximum Gasteiger partial charge on any atom is 0.255 e. The van der Waals surface area contributed by atoms with Gasteiger partial charge in [0.2, 0.25) is 0 Å². The van der Waals surface area contributed by atoms with Gasteiger partial charge in [-0.1, -0.05) is 12.1 Å². The van der Waals surface area contributed by atoms with Gasteiger partial charge in [0.05, 0.1) is 25.8 Å². The van der Waals surface area contributed by atoms with Gasteiger partial charge < -0.3 is 19.5 Å². The number of carbonyl (C=O) groups excluding carboxylic acids is 1. The average molecular weight is 315 g/mol. The number of methoxy groups -OCH3 is 2. The van der Waals surface area contributed by atoms with Crippen molar-refractivity contribution < 1.29 is 19.0 Å². The van der Waals surface area contributed by atoms with Crippen molar-refractivity contribution in [1.29, 1.82) is 0 Å². The predicted octanol–water partition coefficient (Wildman–Crippen LogP) is 2.90. The molecule has 5 heteroatoms. The zero-order valence-electron chi connectivity index (χ0n) is 13.5. The summed E-state index contributed by atoms with van der Waals surface area (Å²) in [6, 6.07) is 14.3. The van der Waals surface area contributed by atoms with Crippen molar-refractivity contribution in [1.82, 2.24) is 5.32 Å². The van der Waals surface area contributed by atoms with Crippen LogP contribution >= 0.6 is 0 Å². The van der Waals surface area contributed by atoms with E-state index in [-0.39, 0.29) is 11.9 Å². The van der Waals surface area contributed by atoms with Crippen LogP contribution in [0.2, 0.25) is 0 Å². The monoisotopic (exact) mass is 315 g/mol. The van der Waals surface area contributed by atoms with Crippen molar-refractivity contribution in [2.45, 2.75) is 13.0 Å². The zero-order chi connectivity index (χ0) is 16.7. The maximum atomic E-state index is 12.3. The minimum absolute atomic E-state index is 0.144. The summed E-state index contributed by atoms with van der Waals surface area (Å²) in [5, 5.41) is 2.90. The predicted molar refractivity (Wildman–Crippen MR) is 88.4 cm³/mol. The Morgan fingerprint density at radius 1 is 1.00 bits per heavy atom. The lowest BCUT2D eigenvalue weighted by atomic mass is 10.2. The number of nitrogens with one attached hydrogen (secondary N) is 1. The van der Waals surface area contributed by atoms with Crippen LogP contribution in [0.5, 0.6) is 17.2 Å². The maximum absolute atomic E-state index is 12.3. The van der Waals surface area contributed by atoms with Crippen LogP contribution in [0, 0.1) is 0 Å². The topological polar surface area (TPSA) is 56.8 Å². The molecule has 0 aliphatic rings. The van der Waals surface area contributed by atoms with Gasteiger partial charge in [-0.3, -0.25) is 4.79 Å². The van der Waals surface area contributed by atoms with E-state index < -0.39 is 0 Å². The molecule has 2 aromatic carbocycles. The number of hydrogen-bond donors (Lipinski definition) is 1. The van der Waals surface area contributed by atoms with Crippen LogP contribution in [-0.4, -0.2) is 32.8 Å². The number of ether oxygens (including phenoxy) is 3. The highest BCUT2D eigenvalue weighted by Gasteiger charge is 2.14. The molecule has 0 heterocycles. The third kappa shape index (κ3) is 4.64. The lowest BCUT2D eigenvalue weighted by molar-refractivity contribution is 0.0923. The zero-order valence-corrected chi connectivity index (χ0v) is 13.5. The normalized spacial score (nSPS) is 11.4. The smallest absolute Gasteiger partial charge is 0.255 e. The second-order valence-electron chi connectivity index (χ2n) is 5.06. The number of rotatable bonds is 7. The van der Waals surface area contributed by atoms with E-state index in [1.165, 1.54) is 0 Å². The van der Waals surface area contributed by atoms with Gasteiger partial charge in [-0.15, -0.1) is 0 Å². The Morgan fingerprint density at radius 3 is 2.30 bits per heavy atom. The van der Waals surface area contributed by atoms with E-state index in [1.807, 2.05) is 37.3 Å².